The van der Waals surface area contributed by atoms with Gasteiger partial charge in [0, 0.05) is 25.8 Å². The summed E-state index contributed by atoms with van der Waals surface area (Å²) >= 11 is 0. The molecule has 0 bridgehead atoms. The number of aromatic nitrogens is 3. The number of sulfonamides is 1. The van der Waals surface area contributed by atoms with Crippen molar-refractivity contribution in [3.63, 3.8) is 0 Å². The van der Waals surface area contributed by atoms with Crippen LogP contribution in [0, 0.1) is 0 Å². The Morgan fingerprint density at radius 1 is 1.28 bits per heavy atom. The molecule has 0 aliphatic carbocycles. The van der Waals surface area contributed by atoms with Crippen LogP contribution in [-0.2, 0) is 16.6 Å². The zero-order valence-corrected chi connectivity index (χ0v) is 11.5. The van der Waals surface area contributed by atoms with Gasteiger partial charge in [-0.3, -0.25) is 4.68 Å². The van der Waals surface area contributed by atoms with Gasteiger partial charge in [-0.2, -0.15) is 0 Å². The van der Waals surface area contributed by atoms with Crippen molar-refractivity contribution in [2.24, 2.45) is 0 Å². The van der Waals surface area contributed by atoms with Crippen LogP contribution in [0.1, 0.15) is 19.8 Å². The molecule has 18 heavy (non-hydrogen) atoms. The molecule has 0 amide bonds. The molecule has 0 aliphatic heterocycles. The van der Waals surface area contributed by atoms with E-state index >= 15 is 0 Å². The fourth-order valence-corrected chi connectivity index (χ4v) is 2.41. The molecule has 104 valence electrons. The van der Waals surface area contributed by atoms with Crippen LogP contribution in [0.2, 0.25) is 0 Å². The molecule has 1 heterocycles. The largest absolute Gasteiger partial charge is 0.316 e. The summed E-state index contributed by atoms with van der Waals surface area (Å²) in [6, 6.07) is 0. The van der Waals surface area contributed by atoms with E-state index in [4.69, 9.17) is 0 Å². The first-order valence-corrected chi connectivity index (χ1v) is 7.81. The smallest absolute Gasteiger partial charge is 0.212 e. The Hall–Kier alpha value is -0.990. The van der Waals surface area contributed by atoms with Crippen LogP contribution in [0.5, 0.6) is 0 Å². The fraction of sp³-hybridized carbons (Fsp3) is 0.800. The fourth-order valence-electron chi connectivity index (χ4n) is 1.40. The van der Waals surface area contributed by atoms with Gasteiger partial charge in [0.15, 0.2) is 0 Å². The van der Waals surface area contributed by atoms with Crippen LogP contribution in [0.25, 0.3) is 0 Å². The van der Waals surface area contributed by atoms with Gasteiger partial charge in [-0.15, -0.1) is 5.10 Å². The van der Waals surface area contributed by atoms with Crippen molar-refractivity contribution in [2.75, 3.05) is 25.4 Å². The highest BCUT2D eigenvalue weighted by molar-refractivity contribution is 7.89. The molecule has 2 N–H and O–H groups in total. The molecular weight excluding hydrogens is 254 g/mol. The van der Waals surface area contributed by atoms with Gasteiger partial charge in [-0.05, 0) is 19.4 Å². The lowest BCUT2D eigenvalue weighted by atomic mass is 10.4. The maximum absolute atomic E-state index is 11.6. The van der Waals surface area contributed by atoms with Gasteiger partial charge >= 0.3 is 0 Å². The normalized spacial score (nSPS) is 11.8. The first kappa shape index (κ1) is 15.1. The van der Waals surface area contributed by atoms with Gasteiger partial charge in [0.2, 0.25) is 10.0 Å². The predicted octanol–water partition coefficient (Wildman–Crippen LogP) is -0.413. The third-order valence-corrected chi connectivity index (χ3v) is 3.72. The second kappa shape index (κ2) is 8.17. The Labute approximate surface area is 108 Å². The summed E-state index contributed by atoms with van der Waals surface area (Å²) in [4.78, 5) is 0. The maximum Gasteiger partial charge on any atom is 0.212 e. The van der Waals surface area contributed by atoms with Crippen LogP contribution in [0.15, 0.2) is 12.4 Å². The van der Waals surface area contributed by atoms with E-state index in [2.05, 4.69) is 20.4 Å². The van der Waals surface area contributed by atoms with Crippen molar-refractivity contribution < 1.29 is 8.42 Å². The monoisotopic (exact) mass is 275 g/mol. The number of rotatable bonds is 10. The van der Waals surface area contributed by atoms with E-state index in [-0.39, 0.29) is 5.75 Å². The molecule has 1 rings (SSSR count). The van der Waals surface area contributed by atoms with Crippen LogP contribution >= 0.6 is 0 Å². The summed E-state index contributed by atoms with van der Waals surface area (Å²) in [6.07, 6.45) is 5.06. The summed E-state index contributed by atoms with van der Waals surface area (Å²) in [6.45, 7) is 4.48. The average molecular weight is 275 g/mol. The molecule has 0 unspecified atom stereocenters. The van der Waals surface area contributed by atoms with Crippen molar-refractivity contribution in [3.05, 3.63) is 12.4 Å². The van der Waals surface area contributed by atoms with Crippen LogP contribution in [-0.4, -0.2) is 48.8 Å². The number of nitrogens with one attached hydrogen (secondary N) is 2. The van der Waals surface area contributed by atoms with Crippen molar-refractivity contribution in [1.29, 1.82) is 0 Å². The van der Waals surface area contributed by atoms with E-state index in [0.717, 1.165) is 13.0 Å². The van der Waals surface area contributed by atoms with Gasteiger partial charge in [0.25, 0.3) is 0 Å². The molecule has 0 saturated carbocycles. The summed E-state index contributed by atoms with van der Waals surface area (Å²) < 4.78 is 27.4. The molecule has 0 fully saturated rings. The first-order valence-electron chi connectivity index (χ1n) is 6.16. The van der Waals surface area contributed by atoms with Crippen molar-refractivity contribution in [2.45, 2.75) is 26.3 Å². The third kappa shape index (κ3) is 6.67. The van der Waals surface area contributed by atoms with Gasteiger partial charge in [-0.1, -0.05) is 12.1 Å². The van der Waals surface area contributed by atoms with E-state index in [1.807, 2.05) is 6.92 Å². The van der Waals surface area contributed by atoms with Crippen molar-refractivity contribution in [3.8, 4) is 0 Å². The van der Waals surface area contributed by atoms with Crippen LogP contribution in [0.3, 0.4) is 0 Å². The molecule has 0 radical (unpaired) electrons. The van der Waals surface area contributed by atoms with Crippen LogP contribution < -0.4 is 10.0 Å². The standard InChI is InChI=1S/C10H21N5O2S/c1-2-4-11-7-10-18(16,17)13-5-3-8-15-9-6-12-14-15/h6,9,11,13H,2-5,7-8,10H2,1H3. The molecular formula is C10H21N5O2S. The lowest BCUT2D eigenvalue weighted by Crippen LogP contribution is -2.33. The average Bonchev–Trinajstić information content (AvgIpc) is 2.83. The number of hydrogen-bond acceptors (Lipinski definition) is 5. The van der Waals surface area contributed by atoms with Crippen molar-refractivity contribution >= 4 is 10.0 Å². The van der Waals surface area contributed by atoms with Gasteiger partial charge < -0.3 is 5.32 Å². The Morgan fingerprint density at radius 2 is 2.11 bits per heavy atom. The molecule has 0 aromatic carbocycles. The topological polar surface area (TPSA) is 88.9 Å². The highest BCUT2D eigenvalue weighted by Gasteiger charge is 2.08. The van der Waals surface area contributed by atoms with Crippen molar-refractivity contribution in [1.82, 2.24) is 25.0 Å². The Kier molecular flexibility index (Phi) is 6.84. The van der Waals surface area contributed by atoms with E-state index in [0.29, 0.717) is 26.1 Å². The maximum atomic E-state index is 11.6. The van der Waals surface area contributed by atoms with Crippen LogP contribution in [0.4, 0.5) is 0 Å². The molecule has 7 nitrogen and oxygen atoms in total. The minimum atomic E-state index is -3.16. The van der Waals surface area contributed by atoms with E-state index in [1.54, 1.807) is 17.1 Å². The van der Waals surface area contributed by atoms with E-state index < -0.39 is 10.0 Å². The molecule has 0 spiro atoms. The summed E-state index contributed by atoms with van der Waals surface area (Å²) in [5, 5.41) is 10.5. The zero-order chi connectivity index (χ0) is 13.3. The van der Waals surface area contributed by atoms with Gasteiger partial charge in [-0.25, -0.2) is 13.1 Å². The highest BCUT2D eigenvalue weighted by Crippen LogP contribution is 1.89. The molecule has 0 atom stereocenters. The Balaban J connectivity index is 2.09. The lowest BCUT2D eigenvalue weighted by Gasteiger charge is -2.07. The van der Waals surface area contributed by atoms with E-state index in [9.17, 15) is 8.42 Å². The summed E-state index contributed by atoms with van der Waals surface area (Å²) in [7, 11) is -3.16. The van der Waals surface area contributed by atoms with Gasteiger partial charge in [0.05, 0.1) is 11.9 Å². The molecule has 0 aliphatic rings. The van der Waals surface area contributed by atoms with Gasteiger partial charge in [0.1, 0.15) is 0 Å². The first-order chi connectivity index (χ1) is 8.64. The Bertz CT molecular complexity index is 404. The quantitative estimate of drug-likeness (QED) is 0.567. The second-order valence-electron chi connectivity index (χ2n) is 3.98. The third-order valence-electron chi connectivity index (χ3n) is 2.33. The number of aryl methyl sites for hydroxylation is 1. The minimum absolute atomic E-state index is 0.121. The SMILES string of the molecule is CCCNCCS(=O)(=O)NCCCn1ccnn1. The number of nitrogens with zero attached hydrogens (tertiary/aromatic N) is 3. The highest BCUT2D eigenvalue weighted by atomic mass is 32.2. The molecule has 1 aromatic rings. The summed E-state index contributed by atoms with van der Waals surface area (Å²) in [5.41, 5.74) is 0. The second-order valence-corrected chi connectivity index (χ2v) is 5.91. The lowest BCUT2D eigenvalue weighted by molar-refractivity contribution is 0.541. The summed E-state index contributed by atoms with van der Waals surface area (Å²) in [5.74, 6) is 0.121. The molecule has 0 saturated heterocycles. The zero-order valence-electron chi connectivity index (χ0n) is 10.7. The predicted molar refractivity (Wildman–Crippen MR) is 69.6 cm³/mol. The molecule has 8 heteroatoms. The molecule has 1 aromatic heterocycles. The number of hydrogen-bond donors (Lipinski definition) is 2. The minimum Gasteiger partial charge on any atom is -0.316 e. The van der Waals surface area contributed by atoms with E-state index in [1.165, 1.54) is 0 Å². The Morgan fingerprint density at radius 3 is 2.78 bits per heavy atom.